The van der Waals surface area contributed by atoms with Gasteiger partial charge in [0, 0.05) is 6.04 Å². The highest BCUT2D eigenvalue weighted by Crippen LogP contribution is 2.26. The maximum absolute atomic E-state index is 12.8. The fourth-order valence-electron chi connectivity index (χ4n) is 2.82. The SMILES string of the molecule is CC(Nc1ccc(F)nc1)c1ccc2c(c1)CCCC2. The summed E-state index contributed by atoms with van der Waals surface area (Å²) in [4.78, 5) is 3.67. The third kappa shape index (κ3) is 2.82. The van der Waals surface area contributed by atoms with Gasteiger partial charge in [0.25, 0.3) is 0 Å². The molecule has 3 heteroatoms. The smallest absolute Gasteiger partial charge is 0.212 e. The van der Waals surface area contributed by atoms with E-state index in [1.807, 2.05) is 0 Å². The number of pyridine rings is 1. The van der Waals surface area contributed by atoms with Gasteiger partial charge in [0.2, 0.25) is 5.95 Å². The van der Waals surface area contributed by atoms with Crippen molar-refractivity contribution in [1.29, 1.82) is 0 Å². The first-order valence-electron chi connectivity index (χ1n) is 7.22. The lowest BCUT2D eigenvalue weighted by Crippen LogP contribution is -2.09. The van der Waals surface area contributed by atoms with Crippen LogP contribution in [0.25, 0.3) is 0 Å². The van der Waals surface area contributed by atoms with Crippen LogP contribution < -0.4 is 5.32 Å². The van der Waals surface area contributed by atoms with Crippen molar-refractivity contribution in [2.45, 2.75) is 38.6 Å². The highest BCUT2D eigenvalue weighted by Gasteiger charge is 2.12. The molecular weight excluding hydrogens is 251 g/mol. The van der Waals surface area contributed by atoms with Gasteiger partial charge in [0.15, 0.2) is 0 Å². The van der Waals surface area contributed by atoms with Crippen LogP contribution in [-0.2, 0) is 12.8 Å². The summed E-state index contributed by atoms with van der Waals surface area (Å²) in [5.74, 6) is -0.447. The lowest BCUT2D eigenvalue weighted by atomic mass is 9.89. The topological polar surface area (TPSA) is 24.9 Å². The average Bonchev–Trinajstić information content (AvgIpc) is 2.49. The third-order valence-electron chi connectivity index (χ3n) is 3.98. The second kappa shape index (κ2) is 5.61. The third-order valence-corrected chi connectivity index (χ3v) is 3.98. The first-order chi connectivity index (χ1) is 9.72. The summed E-state index contributed by atoms with van der Waals surface area (Å²) in [5, 5.41) is 3.36. The normalized spacial score (nSPS) is 15.5. The number of halogens is 1. The Kier molecular flexibility index (Phi) is 3.68. The van der Waals surface area contributed by atoms with Gasteiger partial charge in [0.1, 0.15) is 0 Å². The molecule has 2 nitrogen and oxygen atoms in total. The van der Waals surface area contributed by atoms with E-state index in [0.29, 0.717) is 0 Å². The van der Waals surface area contributed by atoms with E-state index in [1.54, 1.807) is 6.07 Å². The number of fused-ring (bicyclic) bond motifs is 1. The van der Waals surface area contributed by atoms with Crippen LogP contribution in [0.15, 0.2) is 36.5 Å². The molecule has 2 aromatic rings. The molecule has 3 rings (SSSR count). The molecule has 20 heavy (non-hydrogen) atoms. The quantitative estimate of drug-likeness (QED) is 0.842. The number of anilines is 1. The second-order valence-electron chi connectivity index (χ2n) is 5.47. The number of benzene rings is 1. The Labute approximate surface area is 119 Å². The standard InChI is InChI=1S/C17H19FN2/c1-12(20-16-8-9-17(18)19-11-16)14-7-6-13-4-2-3-5-15(13)10-14/h6-12,20H,2-5H2,1H3. The van der Waals surface area contributed by atoms with Crippen LogP contribution in [0.4, 0.5) is 10.1 Å². The molecule has 0 aliphatic heterocycles. The minimum absolute atomic E-state index is 0.189. The molecule has 1 aromatic heterocycles. The van der Waals surface area contributed by atoms with Crippen molar-refractivity contribution in [2.24, 2.45) is 0 Å². The monoisotopic (exact) mass is 270 g/mol. The zero-order valence-electron chi connectivity index (χ0n) is 11.7. The van der Waals surface area contributed by atoms with E-state index in [-0.39, 0.29) is 6.04 Å². The van der Waals surface area contributed by atoms with Crippen LogP contribution in [0.1, 0.15) is 42.5 Å². The molecule has 1 atom stereocenters. The highest BCUT2D eigenvalue weighted by molar-refractivity contribution is 5.44. The van der Waals surface area contributed by atoms with E-state index in [9.17, 15) is 4.39 Å². The number of aromatic nitrogens is 1. The molecule has 104 valence electrons. The number of hydrogen-bond donors (Lipinski definition) is 1. The summed E-state index contributed by atoms with van der Waals surface area (Å²) < 4.78 is 12.8. The van der Waals surface area contributed by atoms with E-state index in [4.69, 9.17) is 0 Å². The number of hydrogen-bond acceptors (Lipinski definition) is 2. The van der Waals surface area contributed by atoms with Gasteiger partial charge in [-0.15, -0.1) is 0 Å². The summed E-state index contributed by atoms with van der Waals surface area (Å²) >= 11 is 0. The van der Waals surface area contributed by atoms with Crippen molar-refractivity contribution in [1.82, 2.24) is 4.98 Å². The Morgan fingerprint density at radius 3 is 2.65 bits per heavy atom. The van der Waals surface area contributed by atoms with Gasteiger partial charge in [0.05, 0.1) is 11.9 Å². The van der Waals surface area contributed by atoms with Crippen molar-refractivity contribution >= 4 is 5.69 Å². The first-order valence-corrected chi connectivity index (χ1v) is 7.22. The van der Waals surface area contributed by atoms with Crippen LogP contribution >= 0.6 is 0 Å². The Hall–Kier alpha value is -1.90. The predicted molar refractivity (Wildman–Crippen MR) is 79.3 cm³/mol. The largest absolute Gasteiger partial charge is 0.377 e. The molecule has 0 radical (unpaired) electrons. The average molecular weight is 270 g/mol. The van der Waals surface area contributed by atoms with Crippen molar-refractivity contribution in [3.8, 4) is 0 Å². The van der Waals surface area contributed by atoms with E-state index in [1.165, 1.54) is 54.6 Å². The van der Waals surface area contributed by atoms with Gasteiger partial charge in [-0.3, -0.25) is 0 Å². The fraction of sp³-hybridized carbons (Fsp3) is 0.353. The number of nitrogens with one attached hydrogen (secondary N) is 1. The van der Waals surface area contributed by atoms with Gasteiger partial charge in [-0.2, -0.15) is 4.39 Å². The van der Waals surface area contributed by atoms with Crippen molar-refractivity contribution in [3.05, 3.63) is 59.2 Å². The second-order valence-corrected chi connectivity index (χ2v) is 5.47. The lowest BCUT2D eigenvalue weighted by Gasteiger charge is -2.20. The first kappa shape index (κ1) is 13.1. The minimum atomic E-state index is -0.447. The molecule has 1 N–H and O–H groups in total. The number of aryl methyl sites for hydroxylation is 2. The van der Waals surface area contributed by atoms with Crippen molar-refractivity contribution in [2.75, 3.05) is 5.32 Å². The summed E-state index contributed by atoms with van der Waals surface area (Å²) in [6.07, 6.45) is 6.53. The van der Waals surface area contributed by atoms with E-state index in [0.717, 1.165) is 5.69 Å². The molecule has 0 saturated heterocycles. The molecule has 0 saturated carbocycles. The number of rotatable bonds is 3. The maximum Gasteiger partial charge on any atom is 0.212 e. The maximum atomic E-state index is 12.8. The molecule has 0 spiro atoms. The summed E-state index contributed by atoms with van der Waals surface area (Å²) in [7, 11) is 0. The lowest BCUT2D eigenvalue weighted by molar-refractivity contribution is 0.584. The minimum Gasteiger partial charge on any atom is -0.377 e. The Morgan fingerprint density at radius 1 is 1.10 bits per heavy atom. The zero-order chi connectivity index (χ0) is 13.9. The van der Waals surface area contributed by atoms with Gasteiger partial charge >= 0.3 is 0 Å². The highest BCUT2D eigenvalue weighted by atomic mass is 19.1. The molecule has 1 aliphatic rings. The molecule has 0 fully saturated rings. The molecule has 1 aliphatic carbocycles. The molecule has 1 unspecified atom stereocenters. The van der Waals surface area contributed by atoms with E-state index in [2.05, 4.69) is 35.4 Å². The van der Waals surface area contributed by atoms with Gasteiger partial charge in [-0.05, 0) is 61.4 Å². The van der Waals surface area contributed by atoms with Crippen molar-refractivity contribution < 1.29 is 4.39 Å². The van der Waals surface area contributed by atoms with Crippen LogP contribution in [0.3, 0.4) is 0 Å². The van der Waals surface area contributed by atoms with Gasteiger partial charge in [-0.1, -0.05) is 18.2 Å². The van der Waals surface area contributed by atoms with Crippen LogP contribution in [-0.4, -0.2) is 4.98 Å². The Bertz CT molecular complexity index is 592. The van der Waals surface area contributed by atoms with E-state index < -0.39 is 5.95 Å². The molecule has 1 heterocycles. The van der Waals surface area contributed by atoms with Gasteiger partial charge < -0.3 is 5.32 Å². The predicted octanol–water partition coefficient (Wildman–Crippen LogP) is 4.27. The van der Waals surface area contributed by atoms with Crippen LogP contribution in [0.5, 0.6) is 0 Å². The van der Waals surface area contributed by atoms with Crippen LogP contribution in [0.2, 0.25) is 0 Å². The van der Waals surface area contributed by atoms with E-state index >= 15 is 0 Å². The van der Waals surface area contributed by atoms with Gasteiger partial charge in [-0.25, -0.2) is 4.98 Å². The molecule has 1 aromatic carbocycles. The van der Waals surface area contributed by atoms with Crippen LogP contribution in [0, 0.1) is 5.95 Å². The van der Waals surface area contributed by atoms with Crippen molar-refractivity contribution in [3.63, 3.8) is 0 Å². The summed E-state index contributed by atoms with van der Waals surface area (Å²) in [5.41, 5.74) is 5.10. The summed E-state index contributed by atoms with van der Waals surface area (Å²) in [6, 6.07) is 10.0. The molecular formula is C17H19FN2. The number of nitrogens with zero attached hydrogens (tertiary/aromatic N) is 1. The fourth-order valence-corrected chi connectivity index (χ4v) is 2.82. The Balaban J connectivity index is 1.76. The zero-order valence-corrected chi connectivity index (χ0v) is 11.7. The molecule has 0 amide bonds. The molecule has 0 bridgehead atoms. The summed E-state index contributed by atoms with van der Waals surface area (Å²) in [6.45, 7) is 2.12. The Morgan fingerprint density at radius 2 is 1.90 bits per heavy atom.